The normalized spacial score (nSPS) is 10.7. The lowest BCUT2D eigenvalue weighted by atomic mass is 10.3. The second-order valence-electron chi connectivity index (χ2n) is 2.56. The van der Waals surface area contributed by atoms with E-state index >= 15 is 0 Å². The van der Waals surface area contributed by atoms with Crippen molar-refractivity contribution in [2.75, 3.05) is 0 Å². The second kappa shape index (κ2) is 7.99. The van der Waals surface area contributed by atoms with Gasteiger partial charge in [0.2, 0.25) is 11.8 Å². The Kier molecular flexibility index (Phi) is 8.49. The van der Waals surface area contributed by atoms with Crippen molar-refractivity contribution < 1.29 is 19.5 Å². The maximum atomic E-state index is 9.92. The molecule has 0 aromatic rings. The minimum Gasteiger partial charge on any atom is -0.480 e. The van der Waals surface area contributed by atoms with Gasteiger partial charge in [0.05, 0.1) is 0 Å². The molecular weight excluding hydrogens is 190 g/mol. The molecule has 2 amide bonds. The molecule has 7 N–H and O–H groups in total. The Morgan fingerprint density at radius 3 is 1.43 bits per heavy atom. The number of carboxylic acid groups (broad SMARTS) is 1. The first-order valence-corrected chi connectivity index (χ1v) is 3.82. The predicted octanol–water partition coefficient (Wildman–Crippen LogP) is -1.84. The Morgan fingerprint density at radius 2 is 1.36 bits per heavy atom. The van der Waals surface area contributed by atoms with E-state index in [0.717, 1.165) is 0 Å². The average Bonchev–Trinajstić information content (AvgIpc) is 2.01. The molecule has 0 heterocycles. The minimum absolute atomic E-state index is 0.0509. The number of amides is 2. The highest BCUT2D eigenvalue weighted by molar-refractivity contribution is 5.81. The van der Waals surface area contributed by atoms with Gasteiger partial charge in [-0.15, -0.1) is 0 Å². The number of primary amides is 2. The molecule has 0 unspecified atom stereocenters. The van der Waals surface area contributed by atoms with E-state index in [-0.39, 0.29) is 12.8 Å². The summed E-state index contributed by atoms with van der Waals surface area (Å²) in [6.07, 6.45) is 0.102. The van der Waals surface area contributed by atoms with Gasteiger partial charge in [-0.3, -0.25) is 14.4 Å². The number of carbonyl (C=O) groups is 3. The maximum absolute atomic E-state index is 9.92. The predicted molar refractivity (Wildman–Crippen MR) is 48.9 cm³/mol. The summed E-state index contributed by atoms with van der Waals surface area (Å²) in [6, 6.07) is -0.731. The van der Waals surface area contributed by atoms with Crippen molar-refractivity contribution in [3.05, 3.63) is 0 Å². The Hall–Kier alpha value is -1.63. The van der Waals surface area contributed by atoms with Crippen molar-refractivity contribution in [1.82, 2.24) is 0 Å². The summed E-state index contributed by atoms with van der Waals surface area (Å²) in [7, 11) is 0. The van der Waals surface area contributed by atoms with Gasteiger partial charge in [0.25, 0.3) is 0 Å². The number of carboxylic acids is 1. The Balaban J connectivity index is 0. The van der Waals surface area contributed by atoms with Crippen LogP contribution >= 0.6 is 0 Å². The van der Waals surface area contributed by atoms with E-state index in [2.05, 4.69) is 0 Å². The van der Waals surface area contributed by atoms with Crippen LogP contribution in [0.25, 0.3) is 0 Å². The highest BCUT2D eigenvalue weighted by atomic mass is 16.4. The third-order valence-electron chi connectivity index (χ3n) is 1.01. The van der Waals surface area contributed by atoms with Crippen LogP contribution in [0.3, 0.4) is 0 Å². The lowest BCUT2D eigenvalue weighted by Gasteiger charge is -1.90. The molecule has 0 aliphatic carbocycles. The standard InChI is InChI=1S/C4H8N2O2.C3H7NO2/c5-3(7)1-2-4(6)8;1-2(4)3(5)6/h1-2H2,(H2,5,7)(H2,6,8);2H,4H2,1H3,(H,5,6)/t;2-/m.0/s1. The third-order valence-corrected chi connectivity index (χ3v) is 1.01. The zero-order chi connectivity index (χ0) is 11.7. The van der Waals surface area contributed by atoms with Crippen molar-refractivity contribution in [2.45, 2.75) is 25.8 Å². The van der Waals surface area contributed by atoms with Gasteiger partial charge in [0.15, 0.2) is 0 Å². The summed E-state index contributed by atoms with van der Waals surface area (Å²) in [5, 5.41) is 7.87. The van der Waals surface area contributed by atoms with E-state index < -0.39 is 23.8 Å². The smallest absolute Gasteiger partial charge is 0.320 e. The van der Waals surface area contributed by atoms with Crippen LogP contribution in [-0.4, -0.2) is 28.9 Å². The first kappa shape index (κ1) is 14.9. The second-order valence-corrected chi connectivity index (χ2v) is 2.56. The lowest BCUT2D eigenvalue weighted by molar-refractivity contribution is -0.138. The van der Waals surface area contributed by atoms with Crippen molar-refractivity contribution in [1.29, 1.82) is 0 Å². The summed E-state index contributed by atoms with van der Waals surface area (Å²) in [5.41, 5.74) is 14.2. The molecule has 82 valence electrons. The molecule has 14 heavy (non-hydrogen) atoms. The third kappa shape index (κ3) is 16.8. The lowest BCUT2D eigenvalue weighted by Crippen LogP contribution is -2.25. The molecule has 0 radical (unpaired) electrons. The molecule has 1 atom stereocenters. The van der Waals surface area contributed by atoms with Gasteiger partial charge in [-0.25, -0.2) is 0 Å². The topological polar surface area (TPSA) is 150 Å². The van der Waals surface area contributed by atoms with E-state index in [9.17, 15) is 14.4 Å². The van der Waals surface area contributed by atoms with Crippen LogP contribution in [-0.2, 0) is 14.4 Å². The Labute approximate surface area is 81.2 Å². The van der Waals surface area contributed by atoms with E-state index in [1.165, 1.54) is 6.92 Å². The van der Waals surface area contributed by atoms with E-state index in [4.69, 9.17) is 22.3 Å². The van der Waals surface area contributed by atoms with Crippen molar-refractivity contribution >= 4 is 17.8 Å². The fourth-order valence-corrected chi connectivity index (χ4v) is 0.246. The number of nitrogens with two attached hydrogens (primary N) is 3. The van der Waals surface area contributed by atoms with Gasteiger partial charge in [-0.05, 0) is 6.92 Å². The highest BCUT2D eigenvalue weighted by Gasteiger charge is 1.99. The molecule has 0 bridgehead atoms. The summed E-state index contributed by atoms with van der Waals surface area (Å²) in [6.45, 7) is 1.42. The van der Waals surface area contributed by atoms with Crippen LogP contribution < -0.4 is 17.2 Å². The highest BCUT2D eigenvalue weighted by Crippen LogP contribution is 1.82. The van der Waals surface area contributed by atoms with Crippen LogP contribution in [0.15, 0.2) is 0 Å². The zero-order valence-electron chi connectivity index (χ0n) is 7.90. The number of rotatable bonds is 4. The van der Waals surface area contributed by atoms with Gasteiger partial charge in [-0.2, -0.15) is 0 Å². The van der Waals surface area contributed by atoms with Gasteiger partial charge < -0.3 is 22.3 Å². The molecule has 0 aliphatic heterocycles. The number of aliphatic carboxylic acids is 1. The summed E-state index contributed by atoms with van der Waals surface area (Å²) >= 11 is 0. The SMILES string of the molecule is C[C@H](N)C(=O)O.NC(=O)CCC(N)=O. The quantitative estimate of drug-likeness (QED) is 0.425. The summed E-state index contributed by atoms with van der Waals surface area (Å²) in [4.78, 5) is 29.4. The summed E-state index contributed by atoms with van der Waals surface area (Å²) in [5.74, 6) is -1.96. The Morgan fingerprint density at radius 1 is 1.14 bits per heavy atom. The minimum atomic E-state index is -0.963. The summed E-state index contributed by atoms with van der Waals surface area (Å²) < 4.78 is 0. The van der Waals surface area contributed by atoms with Crippen LogP contribution in [0.4, 0.5) is 0 Å². The van der Waals surface area contributed by atoms with Crippen molar-refractivity contribution in [2.24, 2.45) is 17.2 Å². The number of hydrogen-bond acceptors (Lipinski definition) is 4. The molecule has 0 fully saturated rings. The van der Waals surface area contributed by atoms with E-state index in [1.807, 2.05) is 0 Å². The van der Waals surface area contributed by atoms with Gasteiger partial charge >= 0.3 is 5.97 Å². The van der Waals surface area contributed by atoms with Gasteiger partial charge in [0.1, 0.15) is 6.04 Å². The Bertz CT molecular complexity index is 201. The van der Waals surface area contributed by atoms with Crippen LogP contribution in [0.5, 0.6) is 0 Å². The average molecular weight is 205 g/mol. The van der Waals surface area contributed by atoms with E-state index in [1.54, 1.807) is 0 Å². The van der Waals surface area contributed by atoms with Crippen LogP contribution in [0, 0.1) is 0 Å². The largest absolute Gasteiger partial charge is 0.480 e. The molecule has 7 nitrogen and oxygen atoms in total. The molecule has 0 aromatic carbocycles. The van der Waals surface area contributed by atoms with Crippen molar-refractivity contribution in [3.63, 3.8) is 0 Å². The first-order chi connectivity index (χ1) is 6.27. The molecule has 0 saturated heterocycles. The monoisotopic (exact) mass is 205 g/mol. The molecule has 0 aliphatic rings. The molecule has 7 heteroatoms. The maximum Gasteiger partial charge on any atom is 0.320 e. The molecular formula is C7H15N3O4. The number of hydrogen-bond donors (Lipinski definition) is 4. The molecule has 0 aromatic heterocycles. The number of carbonyl (C=O) groups excluding carboxylic acids is 2. The molecule has 0 rings (SSSR count). The van der Waals surface area contributed by atoms with Crippen LogP contribution in [0.2, 0.25) is 0 Å². The van der Waals surface area contributed by atoms with E-state index in [0.29, 0.717) is 0 Å². The van der Waals surface area contributed by atoms with Gasteiger partial charge in [-0.1, -0.05) is 0 Å². The fraction of sp³-hybridized carbons (Fsp3) is 0.571. The van der Waals surface area contributed by atoms with Gasteiger partial charge in [0, 0.05) is 12.8 Å². The van der Waals surface area contributed by atoms with Crippen LogP contribution in [0.1, 0.15) is 19.8 Å². The fourth-order valence-electron chi connectivity index (χ4n) is 0.246. The zero-order valence-corrected chi connectivity index (χ0v) is 7.90. The first-order valence-electron chi connectivity index (χ1n) is 3.82. The molecule has 0 spiro atoms. The van der Waals surface area contributed by atoms with Crippen molar-refractivity contribution in [3.8, 4) is 0 Å². The molecule has 0 saturated carbocycles.